The van der Waals surface area contributed by atoms with E-state index in [0.29, 0.717) is 12.3 Å². The molecule has 0 bridgehead atoms. The van der Waals surface area contributed by atoms with E-state index in [1.165, 1.54) is 12.0 Å². The summed E-state index contributed by atoms with van der Waals surface area (Å²) in [7, 11) is 0. The van der Waals surface area contributed by atoms with Crippen LogP contribution in [0, 0.1) is 6.92 Å². The average Bonchev–Trinajstić information content (AvgIpc) is 2.41. The highest BCUT2D eigenvalue weighted by atomic mass is 16.1. The Labute approximate surface area is 128 Å². The maximum Gasteiger partial charge on any atom is 0.226 e. The van der Waals surface area contributed by atoms with Gasteiger partial charge in [-0.25, -0.2) is 0 Å². The number of hydrogen-bond acceptors (Lipinski definition) is 2. The summed E-state index contributed by atoms with van der Waals surface area (Å²) in [4.78, 5) is 12.4. The smallest absolute Gasteiger partial charge is 0.226 e. The van der Waals surface area contributed by atoms with Gasteiger partial charge in [0.15, 0.2) is 0 Å². The molecule has 3 heteroatoms. The fourth-order valence-corrected chi connectivity index (χ4v) is 3.28. The van der Waals surface area contributed by atoms with Crippen LogP contribution < -0.4 is 11.1 Å². The van der Waals surface area contributed by atoms with E-state index in [4.69, 9.17) is 5.73 Å². The monoisotopic (exact) mass is 288 g/mol. The van der Waals surface area contributed by atoms with Crippen molar-refractivity contribution in [1.29, 1.82) is 0 Å². The third-order valence-corrected chi connectivity index (χ3v) is 4.55. The molecule has 3 nitrogen and oxygen atoms in total. The Morgan fingerprint density at radius 3 is 2.57 bits per heavy atom. The van der Waals surface area contributed by atoms with Gasteiger partial charge in [0, 0.05) is 17.6 Å². The third-order valence-electron chi connectivity index (χ3n) is 4.55. The van der Waals surface area contributed by atoms with Crippen molar-refractivity contribution >= 4 is 11.6 Å². The predicted molar refractivity (Wildman–Crippen MR) is 88.5 cm³/mol. The quantitative estimate of drug-likeness (QED) is 0.876. The zero-order valence-electron chi connectivity index (χ0n) is 13.5. The molecule has 1 saturated carbocycles. The maximum absolute atomic E-state index is 12.4. The van der Waals surface area contributed by atoms with Gasteiger partial charge in [-0.1, -0.05) is 51.3 Å². The van der Waals surface area contributed by atoms with Gasteiger partial charge >= 0.3 is 0 Å². The second-order valence-corrected chi connectivity index (χ2v) is 6.84. The Morgan fingerprint density at radius 1 is 1.29 bits per heavy atom. The maximum atomic E-state index is 12.4. The first-order chi connectivity index (χ1) is 9.91. The third kappa shape index (κ3) is 4.07. The minimum absolute atomic E-state index is 0.0515. The Bertz CT molecular complexity index is 502. The molecule has 0 aromatic heterocycles. The molecule has 3 N–H and O–H groups in total. The van der Waals surface area contributed by atoms with E-state index < -0.39 is 0 Å². The Morgan fingerprint density at radius 2 is 1.95 bits per heavy atom. The molecular formula is C18H28N2O. The zero-order valence-corrected chi connectivity index (χ0v) is 13.5. The van der Waals surface area contributed by atoms with Crippen molar-refractivity contribution in [3.8, 4) is 0 Å². The molecule has 0 radical (unpaired) electrons. The SMILES string of the molecule is Cc1cccc(C(C)C)c1NC(=O)CC1(N)CCCCC1. The number of nitrogens with one attached hydrogen (secondary N) is 1. The number of nitrogens with two attached hydrogens (primary N) is 1. The van der Waals surface area contributed by atoms with Crippen molar-refractivity contribution in [2.24, 2.45) is 5.73 Å². The average molecular weight is 288 g/mol. The molecule has 21 heavy (non-hydrogen) atoms. The number of carbonyl (C=O) groups excluding carboxylic acids is 1. The highest BCUT2D eigenvalue weighted by Gasteiger charge is 2.30. The van der Waals surface area contributed by atoms with Crippen molar-refractivity contribution < 1.29 is 4.79 Å². The molecule has 1 aromatic carbocycles. The lowest BCUT2D eigenvalue weighted by molar-refractivity contribution is -0.117. The highest BCUT2D eigenvalue weighted by Crippen LogP contribution is 2.31. The van der Waals surface area contributed by atoms with E-state index in [9.17, 15) is 4.79 Å². The van der Waals surface area contributed by atoms with Crippen LogP contribution in [0.1, 0.15) is 69.4 Å². The van der Waals surface area contributed by atoms with Gasteiger partial charge in [0.25, 0.3) is 0 Å². The second-order valence-electron chi connectivity index (χ2n) is 6.84. The summed E-state index contributed by atoms with van der Waals surface area (Å²) in [6, 6.07) is 6.18. The van der Waals surface area contributed by atoms with Gasteiger partial charge in [0.2, 0.25) is 5.91 Å². The van der Waals surface area contributed by atoms with Crippen molar-refractivity contribution in [2.45, 2.75) is 70.8 Å². The summed E-state index contributed by atoms with van der Waals surface area (Å²) in [5.41, 5.74) is 9.36. The normalized spacial score (nSPS) is 17.8. The molecule has 0 spiro atoms. The molecule has 1 fully saturated rings. The fourth-order valence-electron chi connectivity index (χ4n) is 3.28. The van der Waals surface area contributed by atoms with Gasteiger partial charge in [0.1, 0.15) is 0 Å². The van der Waals surface area contributed by atoms with Crippen LogP contribution in [0.4, 0.5) is 5.69 Å². The summed E-state index contributed by atoms with van der Waals surface area (Å²) >= 11 is 0. The summed E-state index contributed by atoms with van der Waals surface area (Å²) in [6.07, 6.45) is 5.89. The molecule has 2 rings (SSSR count). The topological polar surface area (TPSA) is 55.1 Å². The lowest BCUT2D eigenvalue weighted by Crippen LogP contribution is -2.44. The highest BCUT2D eigenvalue weighted by molar-refractivity contribution is 5.93. The van der Waals surface area contributed by atoms with Crippen LogP contribution in [0.25, 0.3) is 0 Å². The standard InChI is InChI=1S/C18H28N2O/c1-13(2)15-9-7-8-14(3)17(15)20-16(21)12-18(19)10-5-4-6-11-18/h7-9,13H,4-6,10-12,19H2,1-3H3,(H,20,21). The molecule has 116 valence electrons. The Hall–Kier alpha value is -1.35. The molecule has 1 amide bonds. The summed E-state index contributed by atoms with van der Waals surface area (Å²) < 4.78 is 0. The number of aryl methyl sites for hydroxylation is 1. The first kappa shape index (κ1) is 16.0. The number of amides is 1. The molecule has 0 unspecified atom stereocenters. The van der Waals surface area contributed by atoms with Crippen LogP contribution in [-0.2, 0) is 4.79 Å². The van der Waals surface area contributed by atoms with Gasteiger partial charge in [-0.05, 0) is 36.8 Å². The van der Waals surface area contributed by atoms with E-state index in [1.54, 1.807) is 0 Å². The van der Waals surface area contributed by atoms with Gasteiger partial charge in [-0.3, -0.25) is 4.79 Å². The number of hydrogen-bond donors (Lipinski definition) is 2. The van der Waals surface area contributed by atoms with E-state index in [0.717, 1.165) is 36.9 Å². The van der Waals surface area contributed by atoms with Gasteiger partial charge in [-0.15, -0.1) is 0 Å². The van der Waals surface area contributed by atoms with Crippen LogP contribution in [0.3, 0.4) is 0 Å². The molecule has 1 aliphatic carbocycles. The molecule has 0 saturated heterocycles. The van der Waals surface area contributed by atoms with E-state index in [1.807, 2.05) is 19.1 Å². The van der Waals surface area contributed by atoms with Gasteiger partial charge < -0.3 is 11.1 Å². The first-order valence-corrected chi connectivity index (χ1v) is 8.09. The van der Waals surface area contributed by atoms with E-state index in [-0.39, 0.29) is 11.4 Å². The number of para-hydroxylation sites is 1. The van der Waals surface area contributed by atoms with Gasteiger partial charge in [0.05, 0.1) is 0 Å². The minimum atomic E-state index is -0.303. The number of benzene rings is 1. The molecule has 0 atom stereocenters. The molecule has 1 aliphatic rings. The number of rotatable bonds is 4. The number of anilines is 1. The molecular weight excluding hydrogens is 260 g/mol. The van der Waals surface area contributed by atoms with Crippen LogP contribution in [0.15, 0.2) is 18.2 Å². The van der Waals surface area contributed by atoms with Crippen LogP contribution in [-0.4, -0.2) is 11.4 Å². The van der Waals surface area contributed by atoms with E-state index >= 15 is 0 Å². The Balaban J connectivity index is 2.09. The molecule has 0 aliphatic heterocycles. The van der Waals surface area contributed by atoms with Crippen LogP contribution >= 0.6 is 0 Å². The first-order valence-electron chi connectivity index (χ1n) is 8.09. The largest absolute Gasteiger partial charge is 0.326 e. The van der Waals surface area contributed by atoms with Crippen molar-refractivity contribution in [1.82, 2.24) is 0 Å². The number of carbonyl (C=O) groups is 1. The predicted octanol–water partition coefficient (Wildman–Crippen LogP) is 4.11. The Kier molecular flexibility index (Phi) is 5.04. The molecule has 0 heterocycles. The van der Waals surface area contributed by atoms with Crippen molar-refractivity contribution in [2.75, 3.05) is 5.32 Å². The minimum Gasteiger partial charge on any atom is -0.326 e. The van der Waals surface area contributed by atoms with Crippen LogP contribution in [0.2, 0.25) is 0 Å². The lowest BCUT2D eigenvalue weighted by atomic mass is 9.80. The lowest BCUT2D eigenvalue weighted by Gasteiger charge is -2.33. The second kappa shape index (κ2) is 6.61. The van der Waals surface area contributed by atoms with Crippen molar-refractivity contribution in [3.05, 3.63) is 29.3 Å². The van der Waals surface area contributed by atoms with Gasteiger partial charge in [-0.2, -0.15) is 0 Å². The van der Waals surface area contributed by atoms with Crippen LogP contribution in [0.5, 0.6) is 0 Å². The van der Waals surface area contributed by atoms with E-state index in [2.05, 4.69) is 25.2 Å². The fraction of sp³-hybridized carbons (Fsp3) is 0.611. The summed E-state index contributed by atoms with van der Waals surface area (Å²) in [6.45, 7) is 6.34. The summed E-state index contributed by atoms with van der Waals surface area (Å²) in [5.74, 6) is 0.442. The molecule has 1 aromatic rings. The zero-order chi connectivity index (χ0) is 15.5. The summed E-state index contributed by atoms with van der Waals surface area (Å²) in [5, 5.41) is 3.11. The van der Waals surface area contributed by atoms with Crippen molar-refractivity contribution in [3.63, 3.8) is 0 Å².